The SMILES string of the molecule is N#Cc1ccc([C@H]2C3C(=O)CC[C@@]32c2ccccc2)cc1. The summed E-state index contributed by atoms with van der Waals surface area (Å²) in [6, 6.07) is 20.3. The molecule has 2 aliphatic rings. The highest BCUT2D eigenvalue weighted by Gasteiger charge is 2.71. The Hall–Kier alpha value is -2.40. The predicted octanol–water partition coefficient (Wildman–Crippen LogP) is 3.57. The number of carbonyl (C=O) groups excluding carboxylic acids is 1. The number of fused-ring (bicyclic) bond motifs is 1. The van der Waals surface area contributed by atoms with Gasteiger partial charge >= 0.3 is 0 Å². The molecular weight excluding hydrogens is 258 g/mol. The van der Waals surface area contributed by atoms with Gasteiger partial charge in [-0.05, 0) is 29.7 Å². The summed E-state index contributed by atoms with van der Waals surface area (Å²) in [5, 5.41) is 8.91. The van der Waals surface area contributed by atoms with E-state index in [-0.39, 0.29) is 17.3 Å². The highest BCUT2D eigenvalue weighted by molar-refractivity contribution is 5.92. The van der Waals surface area contributed by atoms with Crippen molar-refractivity contribution in [2.24, 2.45) is 5.92 Å². The van der Waals surface area contributed by atoms with Crippen LogP contribution in [0.15, 0.2) is 54.6 Å². The van der Waals surface area contributed by atoms with Gasteiger partial charge in [0.15, 0.2) is 0 Å². The van der Waals surface area contributed by atoms with Crippen LogP contribution in [0.4, 0.5) is 0 Å². The standard InChI is InChI=1S/C19H15NO/c20-12-13-6-8-14(9-7-13)17-18-16(21)10-11-19(17,18)15-4-2-1-3-5-15/h1-9,17-18H,10-11H2/t17-,18?,19-/m0/s1. The number of nitriles is 1. The van der Waals surface area contributed by atoms with E-state index in [1.54, 1.807) is 0 Å². The number of hydrogen-bond acceptors (Lipinski definition) is 2. The third kappa shape index (κ3) is 1.61. The van der Waals surface area contributed by atoms with E-state index in [1.165, 1.54) is 11.1 Å². The molecule has 0 spiro atoms. The summed E-state index contributed by atoms with van der Waals surface area (Å²) in [5.41, 5.74) is 3.16. The van der Waals surface area contributed by atoms with Crippen LogP contribution in [-0.2, 0) is 10.2 Å². The second-order valence-electron chi connectivity index (χ2n) is 6.06. The number of Topliss-reactive ketones (excluding diaryl/α,β-unsaturated/α-hetero) is 1. The lowest BCUT2D eigenvalue weighted by atomic mass is 9.88. The zero-order valence-corrected chi connectivity index (χ0v) is 11.6. The topological polar surface area (TPSA) is 40.9 Å². The number of ketones is 1. The average Bonchev–Trinajstić information content (AvgIpc) is 3.12. The molecular formula is C19H15NO. The van der Waals surface area contributed by atoms with Crippen molar-refractivity contribution in [3.05, 3.63) is 71.3 Å². The van der Waals surface area contributed by atoms with Crippen LogP contribution < -0.4 is 0 Å². The highest BCUT2D eigenvalue weighted by Crippen LogP contribution is 2.72. The predicted molar refractivity (Wildman–Crippen MR) is 79.7 cm³/mol. The Labute approximate surface area is 124 Å². The fourth-order valence-corrected chi connectivity index (χ4v) is 4.22. The van der Waals surface area contributed by atoms with Crippen LogP contribution in [0.5, 0.6) is 0 Å². The Morgan fingerprint density at radius 3 is 2.38 bits per heavy atom. The lowest BCUT2D eigenvalue weighted by Crippen LogP contribution is -2.08. The normalized spacial score (nSPS) is 29.8. The van der Waals surface area contributed by atoms with Crippen molar-refractivity contribution < 1.29 is 4.79 Å². The maximum Gasteiger partial charge on any atom is 0.137 e. The number of nitrogens with zero attached hydrogens (tertiary/aromatic N) is 1. The first-order valence-electron chi connectivity index (χ1n) is 7.35. The molecule has 21 heavy (non-hydrogen) atoms. The molecule has 102 valence electrons. The Kier molecular flexibility index (Phi) is 2.53. The van der Waals surface area contributed by atoms with Crippen molar-refractivity contribution in [1.82, 2.24) is 0 Å². The molecule has 2 nitrogen and oxygen atoms in total. The third-order valence-corrected chi connectivity index (χ3v) is 5.18. The number of benzene rings is 2. The second-order valence-corrected chi connectivity index (χ2v) is 6.06. The van der Waals surface area contributed by atoms with E-state index in [9.17, 15) is 4.79 Å². The largest absolute Gasteiger partial charge is 0.299 e. The Balaban J connectivity index is 1.76. The quantitative estimate of drug-likeness (QED) is 0.839. The van der Waals surface area contributed by atoms with Gasteiger partial charge in [-0.25, -0.2) is 0 Å². The zero-order valence-electron chi connectivity index (χ0n) is 11.6. The van der Waals surface area contributed by atoms with Gasteiger partial charge in [0.2, 0.25) is 0 Å². The van der Waals surface area contributed by atoms with Gasteiger partial charge in [-0.2, -0.15) is 5.26 Å². The maximum atomic E-state index is 12.2. The summed E-state index contributed by atoms with van der Waals surface area (Å²) in [7, 11) is 0. The van der Waals surface area contributed by atoms with E-state index in [0.29, 0.717) is 17.8 Å². The maximum absolute atomic E-state index is 12.2. The molecule has 0 N–H and O–H groups in total. The van der Waals surface area contributed by atoms with Crippen LogP contribution in [0.3, 0.4) is 0 Å². The van der Waals surface area contributed by atoms with Crippen LogP contribution in [0.1, 0.15) is 35.4 Å². The van der Waals surface area contributed by atoms with Crippen LogP contribution in [0, 0.1) is 17.2 Å². The second kappa shape index (κ2) is 4.30. The highest BCUT2D eigenvalue weighted by atomic mass is 16.1. The van der Waals surface area contributed by atoms with Gasteiger partial charge in [0.1, 0.15) is 5.78 Å². The lowest BCUT2D eigenvalue weighted by Gasteiger charge is -2.15. The van der Waals surface area contributed by atoms with Crippen LogP contribution in [0.25, 0.3) is 0 Å². The van der Waals surface area contributed by atoms with E-state index in [4.69, 9.17) is 5.26 Å². The number of hydrogen-bond donors (Lipinski definition) is 0. The van der Waals surface area contributed by atoms with Gasteiger partial charge in [-0.3, -0.25) is 4.79 Å². The first kappa shape index (κ1) is 12.3. The summed E-state index contributed by atoms with van der Waals surface area (Å²) in [5.74, 6) is 0.815. The average molecular weight is 273 g/mol. The molecule has 0 heterocycles. The summed E-state index contributed by atoms with van der Waals surface area (Å²) in [4.78, 5) is 12.2. The molecule has 1 unspecified atom stereocenters. The summed E-state index contributed by atoms with van der Waals surface area (Å²) >= 11 is 0. The van der Waals surface area contributed by atoms with Crippen molar-refractivity contribution in [1.29, 1.82) is 5.26 Å². The van der Waals surface area contributed by atoms with E-state index in [2.05, 4.69) is 30.3 Å². The first-order valence-corrected chi connectivity index (χ1v) is 7.35. The minimum absolute atomic E-state index is 0.00645. The Morgan fingerprint density at radius 1 is 1.00 bits per heavy atom. The fourth-order valence-electron chi connectivity index (χ4n) is 4.22. The molecule has 2 aliphatic carbocycles. The third-order valence-electron chi connectivity index (χ3n) is 5.18. The smallest absolute Gasteiger partial charge is 0.137 e. The molecule has 0 aromatic heterocycles. The molecule has 2 heteroatoms. The van der Waals surface area contributed by atoms with Gasteiger partial charge in [-0.15, -0.1) is 0 Å². The van der Waals surface area contributed by atoms with E-state index >= 15 is 0 Å². The number of rotatable bonds is 2. The van der Waals surface area contributed by atoms with E-state index in [1.807, 2.05) is 30.3 Å². The zero-order chi connectivity index (χ0) is 14.4. The molecule has 2 aromatic carbocycles. The van der Waals surface area contributed by atoms with Crippen LogP contribution in [-0.4, -0.2) is 5.78 Å². The Bertz CT molecular complexity index is 741. The fraction of sp³-hybridized carbons (Fsp3) is 0.263. The molecule has 3 atom stereocenters. The van der Waals surface area contributed by atoms with Gasteiger partial charge < -0.3 is 0 Å². The molecule has 2 saturated carbocycles. The van der Waals surface area contributed by atoms with Crippen molar-refractivity contribution in [2.45, 2.75) is 24.2 Å². The first-order chi connectivity index (χ1) is 10.3. The molecule has 0 saturated heterocycles. The van der Waals surface area contributed by atoms with Crippen molar-refractivity contribution >= 4 is 5.78 Å². The minimum atomic E-state index is 0.00645. The van der Waals surface area contributed by atoms with Crippen LogP contribution in [0.2, 0.25) is 0 Å². The van der Waals surface area contributed by atoms with E-state index < -0.39 is 0 Å². The lowest BCUT2D eigenvalue weighted by molar-refractivity contribution is -0.119. The van der Waals surface area contributed by atoms with Crippen LogP contribution >= 0.6 is 0 Å². The molecule has 0 bridgehead atoms. The van der Waals surface area contributed by atoms with Gasteiger partial charge in [0.25, 0.3) is 0 Å². The molecule has 0 aliphatic heterocycles. The van der Waals surface area contributed by atoms with Gasteiger partial charge in [0.05, 0.1) is 11.6 Å². The van der Waals surface area contributed by atoms with Gasteiger partial charge in [-0.1, -0.05) is 42.5 Å². The van der Waals surface area contributed by atoms with Crippen molar-refractivity contribution in [3.63, 3.8) is 0 Å². The van der Waals surface area contributed by atoms with Gasteiger partial charge in [0, 0.05) is 23.7 Å². The monoisotopic (exact) mass is 273 g/mol. The summed E-state index contributed by atoms with van der Waals surface area (Å²) < 4.78 is 0. The molecule has 2 fully saturated rings. The van der Waals surface area contributed by atoms with Crippen molar-refractivity contribution in [2.75, 3.05) is 0 Å². The summed E-state index contributed by atoms with van der Waals surface area (Å²) in [6.45, 7) is 0. The molecule has 2 aromatic rings. The minimum Gasteiger partial charge on any atom is -0.299 e. The molecule has 0 amide bonds. The summed E-state index contributed by atoms with van der Waals surface area (Å²) in [6.07, 6.45) is 1.65. The number of carbonyl (C=O) groups is 1. The Morgan fingerprint density at radius 2 is 1.71 bits per heavy atom. The van der Waals surface area contributed by atoms with Crippen molar-refractivity contribution in [3.8, 4) is 6.07 Å². The molecule has 0 radical (unpaired) electrons. The van der Waals surface area contributed by atoms with E-state index in [0.717, 1.165) is 6.42 Å². The molecule has 4 rings (SSSR count).